The van der Waals surface area contributed by atoms with Crippen LogP contribution in [0, 0.1) is 29.1 Å². The summed E-state index contributed by atoms with van der Waals surface area (Å²) >= 11 is 0. The third-order valence-corrected chi connectivity index (χ3v) is 9.29. The van der Waals surface area contributed by atoms with Crippen LogP contribution in [0.25, 0.3) is 0 Å². The topological polar surface area (TPSA) is 101 Å². The standard InChI is InChI=1S/C28H41FO6/c1-6-8-9-25(34)35-27(24(33)16-30)17(3)14-21(18(27)4)22-11-10-19-15-20(31)12-13-26(19,5)28(22,29)23(32)7-2/h12-13,15,17-18,21-23,30,32H,6-11,14,16H2,1-5H3/t17-,18+,21+,22-,23-,26-,27+,28-/m0/s1. The summed E-state index contributed by atoms with van der Waals surface area (Å²) in [5.74, 6) is -3.18. The van der Waals surface area contributed by atoms with Crippen LogP contribution in [0.1, 0.15) is 79.6 Å². The molecule has 0 bridgehead atoms. The van der Waals surface area contributed by atoms with Crippen molar-refractivity contribution < 1.29 is 33.7 Å². The molecular weight excluding hydrogens is 451 g/mol. The Morgan fingerprint density at radius 1 is 1.29 bits per heavy atom. The van der Waals surface area contributed by atoms with E-state index in [2.05, 4.69) is 0 Å². The predicted octanol–water partition coefficient (Wildman–Crippen LogP) is 4.27. The van der Waals surface area contributed by atoms with Gasteiger partial charge in [0.2, 0.25) is 5.78 Å². The van der Waals surface area contributed by atoms with Gasteiger partial charge in [-0.15, -0.1) is 0 Å². The number of aliphatic hydroxyl groups excluding tert-OH is 2. The first kappa shape index (κ1) is 27.7. The van der Waals surface area contributed by atoms with Crippen LogP contribution in [0.5, 0.6) is 0 Å². The van der Waals surface area contributed by atoms with E-state index >= 15 is 4.39 Å². The molecule has 0 unspecified atom stereocenters. The SMILES string of the molecule is CCCCC(=O)O[C@@]1(C(=O)CO)[C@H](C)[C@H]([C@@H]2CCC3=CC(=O)C=C[C@]3(C)[C@@]2(F)[C@@H](O)CC)C[C@@H]1C. The van der Waals surface area contributed by atoms with Gasteiger partial charge in [-0.3, -0.25) is 14.4 Å². The number of unbranched alkanes of at least 4 members (excludes halogenated alkanes) is 1. The second kappa shape index (κ2) is 10.3. The van der Waals surface area contributed by atoms with Gasteiger partial charge in [-0.05, 0) is 57.1 Å². The molecule has 3 aliphatic carbocycles. The fraction of sp³-hybridized carbons (Fsp3) is 0.750. The molecule has 0 saturated heterocycles. The van der Waals surface area contributed by atoms with Crippen molar-refractivity contribution in [1.29, 1.82) is 0 Å². The van der Waals surface area contributed by atoms with Gasteiger partial charge in [0.1, 0.15) is 6.61 Å². The van der Waals surface area contributed by atoms with Gasteiger partial charge in [0.25, 0.3) is 0 Å². The van der Waals surface area contributed by atoms with E-state index in [0.717, 1.165) is 6.42 Å². The molecule has 6 nitrogen and oxygen atoms in total. The second-order valence-corrected chi connectivity index (χ2v) is 11.0. The Bertz CT molecular complexity index is 911. The molecule has 0 heterocycles. The summed E-state index contributed by atoms with van der Waals surface area (Å²) in [4.78, 5) is 37.9. The number of hydrogen-bond donors (Lipinski definition) is 2. The monoisotopic (exact) mass is 492 g/mol. The van der Waals surface area contributed by atoms with Gasteiger partial charge in [0.05, 0.1) is 6.10 Å². The maximum absolute atomic E-state index is 17.5. The molecule has 35 heavy (non-hydrogen) atoms. The van der Waals surface area contributed by atoms with Crippen molar-refractivity contribution >= 4 is 17.5 Å². The minimum Gasteiger partial charge on any atom is -0.450 e. The lowest BCUT2D eigenvalue weighted by Crippen LogP contribution is -2.62. The number of esters is 1. The molecule has 0 aromatic rings. The Morgan fingerprint density at radius 2 is 1.97 bits per heavy atom. The molecule has 3 rings (SSSR count). The molecule has 3 aliphatic rings. The van der Waals surface area contributed by atoms with Gasteiger partial charge < -0.3 is 14.9 Å². The number of aliphatic hydroxyl groups is 2. The Balaban J connectivity index is 2.05. The van der Waals surface area contributed by atoms with E-state index in [1.807, 2.05) is 20.8 Å². The Kier molecular flexibility index (Phi) is 8.12. The Labute approximate surface area is 208 Å². The van der Waals surface area contributed by atoms with Crippen LogP contribution in [0.3, 0.4) is 0 Å². The van der Waals surface area contributed by atoms with Gasteiger partial charge in [0.15, 0.2) is 17.1 Å². The number of hydrogen-bond acceptors (Lipinski definition) is 6. The highest BCUT2D eigenvalue weighted by Crippen LogP contribution is 2.63. The third-order valence-electron chi connectivity index (χ3n) is 9.29. The molecule has 0 aromatic carbocycles. The van der Waals surface area contributed by atoms with Crippen LogP contribution in [0.4, 0.5) is 4.39 Å². The molecule has 0 aromatic heterocycles. The Hall–Kier alpha value is -1.86. The Morgan fingerprint density at radius 3 is 2.57 bits per heavy atom. The van der Waals surface area contributed by atoms with Crippen molar-refractivity contribution in [3.05, 3.63) is 23.8 Å². The molecule has 0 spiro atoms. The number of carbonyl (C=O) groups is 3. The zero-order chi connectivity index (χ0) is 26.2. The van der Waals surface area contributed by atoms with Gasteiger partial charge in [-0.1, -0.05) is 45.8 Å². The van der Waals surface area contributed by atoms with Crippen LogP contribution < -0.4 is 0 Å². The normalized spacial score (nSPS) is 39.7. The molecule has 0 aliphatic heterocycles. The molecule has 7 heteroatoms. The lowest BCUT2D eigenvalue weighted by molar-refractivity contribution is -0.181. The summed E-state index contributed by atoms with van der Waals surface area (Å²) in [7, 11) is 0. The lowest BCUT2D eigenvalue weighted by atomic mass is 9.51. The first-order valence-corrected chi connectivity index (χ1v) is 13.1. The minimum atomic E-state index is -2.08. The predicted molar refractivity (Wildman–Crippen MR) is 130 cm³/mol. The van der Waals surface area contributed by atoms with Crippen molar-refractivity contribution in [2.75, 3.05) is 6.61 Å². The average Bonchev–Trinajstić information content (AvgIpc) is 3.08. The highest BCUT2D eigenvalue weighted by molar-refractivity contribution is 6.01. The number of rotatable bonds is 9. The number of ether oxygens (including phenoxy) is 1. The van der Waals surface area contributed by atoms with Crippen molar-refractivity contribution in [3.8, 4) is 0 Å². The van der Waals surface area contributed by atoms with Crippen LogP contribution >= 0.6 is 0 Å². The fourth-order valence-corrected chi connectivity index (χ4v) is 7.28. The number of allylic oxidation sites excluding steroid dienone is 4. The maximum atomic E-state index is 17.5. The van der Waals surface area contributed by atoms with Crippen LogP contribution in [0.15, 0.2) is 23.8 Å². The first-order chi connectivity index (χ1) is 16.4. The van der Waals surface area contributed by atoms with Crippen LogP contribution in [-0.2, 0) is 19.1 Å². The molecule has 8 atom stereocenters. The highest BCUT2D eigenvalue weighted by Gasteiger charge is 2.67. The smallest absolute Gasteiger partial charge is 0.306 e. The molecule has 2 saturated carbocycles. The van der Waals surface area contributed by atoms with Gasteiger partial charge in [0, 0.05) is 29.6 Å². The van der Waals surface area contributed by atoms with E-state index in [-0.39, 0.29) is 24.5 Å². The zero-order valence-electron chi connectivity index (χ0n) is 21.7. The van der Waals surface area contributed by atoms with E-state index < -0.39 is 58.9 Å². The maximum Gasteiger partial charge on any atom is 0.306 e. The molecule has 0 amide bonds. The van der Waals surface area contributed by atoms with Crippen LogP contribution in [-0.4, -0.2) is 51.7 Å². The number of Topliss-reactive ketones (excluding diaryl/α,β-unsaturated/α-hetero) is 1. The summed E-state index contributed by atoms with van der Waals surface area (Å²) in [5.41, 5.74) is -4.09. The van der Waals surface area contributed by atoms with E-state index in [0.29, 0.717) is 31.3 Å². The summed E-state index contributed by atoms with van der Waals surface area (Å²) in [6.45, 7) is 8.30. The van der Waals surface area contributed by atoms with Crippen molar-refractivity contribution in [2.45, 2.75) is 96.9 Å². The summed E-state index contributed by atoms with van der Waals surface area (Å²) in [6.07, 6.45) is 6.32. The van der Waals surface area contributed by atoms with Gasteiger partial charge in [-0.25, -0.2) is 4.39 Å². The molecule has 2 fully saturated rings. The molecule has 2 N–H and O–H groups in total. The molecule has 196 valence electrons. The quantitative estimate of drug-likeness (QED) is 0.466. The average molecular weight is 493 g/mol. The van der Waals surface area contributed by atoms with E-state index in [9.17, 15) is 24.6 Å². The minimum absolute atomic E-state index is 0.178. The summed E-state index contributed by atoms with van der Waals surface area (Å²) in [6, 6.07) is 0. The van der Waals surface area contributed by atoms with Crippen molar-refractivity contribution in [2.24, 2.45) is 29.1 Å². The first-order valence-electron chi connectivity index (χ1n) is 13.1. The van der Waals surface area contributed by atoms with Gasteiger partial charge in [-0.2, -0.15) is 0 Å². The van der Waals surface area contributed by atoms with Gasteiger partial charge >= 0.3 is 5.97 Å². The second-order valence-electron chi connectivity index (χ2n) is 11.0. The number of fused-ring (bicyclic) bond motifs is 1. The third kappa shape index (κ3) is 4.22. The van der Waals surface area contributed by atoms with Crippen molar-refractivity contribution in [3.63, 3.8) is 0 Å². The zero-order valence-corrected chi connectivity index (χ0v) is 21.7. The fourth-order valence-electron chi connectivity index (χ4n) is 7.28. The number of alkyl halides is 1. The van der Waals surface area contributed by atoms with Crippen LogP contribution in [0.2, 0.25) is 0 Å². The van der Waals surface area contributed by atoms with E-state index in [1.54, 1.807) is 19.9 Å². The number of carbonyl (C=O) groups excluding carboxylic acids is 3. The van der Waals surface area contributed by atoms with E-state index in [1.165, 1.54) is 12.2 Å². The molecule has 0 radical (unpaired) electrons. The number of halogens is 1. The summed E-state index contributed by atoms with van der Waals surface area (Å²) < 4.78 is 23.4. The largest absolute Gasteiger partial charge is 0.450 e. The lowest BCUT2D eigenvalue weighted by Gasteiger charge is -2.56. The summed E-state index contributed by atoms with van der Waals surface area (Å²) in [5, 5.41) is 20.9. The van der Waals surface area contributed by atoms with E-state index in [4.69, 9.17) is 4.74 Å². The number of ketones is 2. The molecular formula is C28H41FO6. The highest BCUT2D eigenvalue weighted by atomic mass is 19.1. The van der Waals surface area contributed by atoms with Crippen molar-refractivity contribution in [1.82, 2.24) is 0 Å².